The van der Waals surface area contributed by atoms with Gasteiger partial charge in [-0.25, -0.2) is 4.79 Å². The van der Waals surface area contributed by atoms with Crippen molar-refractivity contribution in [2.75, 3.05) is 27.3 Å². The van der Waals surface area contributed by atoms with Crippen molar-refractivity contribution in [3.8, 4) is 5.75 Å². The van der Waals surface area contributed by atoms with Crippen molar-refractivity contribution in [3.63, 3.8) is 0 Å². The molecule has 3 aromatic rings. The van der Waals surface area contributed by atoms with E-state index < -0.39 is 0 Å². The van der Waals surface area contributed by atoms with Crippen molar-refractivity contribution in [1.82, 2.24) is 9.88 Å². The van der Waals surface area contributed by atoms with Crippen LogP contribution in [-0.4, -0.2) is 49.1 Å². The predicted molar refractivity (Wildman–Crippen MR) is 138 cm³/mol. The van der Waals surface area contributed by atoms with Crippen LogP contribution >= 0.6 is 0 Å². The van der Waals surface area contributed by atoms with Crippen LogP contribution in [0.3, 0.4) is 0 Å². The topological polar surface area (TPSA) is 71.6 Å². The largest absolute Gasteiger partial charge is 0.496 e. The molecule has 1 saturated heterocycles. The fraction of sp³-hybridized carbons (Fsp3) is 0.448. The highest BCUT2D eigenvalue weighted by Crippen LogP contribution is 2.39. The molecule has 186 valence electrons. The van der Waals surface area contributed by atoms with Crippen LogP contribution in [-0.2, 0) is 16.0 Å². The van der Waals surface area contributed by atoms with Crippen LogP contribution in [0.5, 0.6) is 5.75 Å². The number of H-pyrrole nitrogens is 1. The molecule has 6 nitrogen and oxygen atoms in total. The Morgan fingerprint density at radius 1 is 1.06 bits per heavy atom. The molecule has 2 aromatic carbocycles. The summed E-state index contributed by atoms with van der Waals surface area (Å²) in [6.45, 7) is 5.99. The van der Waals surface area contributed by atoms with Crippen LogP contribution in [0.1, 0.15) is 72.5 Å². The smallest absolute Gasteiger partial charge is 0.337 e. The van der Waals surface area contributed by atoms with E-state index in [2.05, 4.69) is 36.3 Å². The monoisotopic (exact) mass is 476 g/mol. The number of hydrogen-bond acceptors (Lipinski definition) is 4. The molecule has 1 aliphatic rings. The number of hydrogen-bond donors (Lipinski definition) is 1. The van der Waals surface area contributed by atoms with E-state index in [1.807, 2.05) is 17.9 Å². The van der Waals surface area contributed by atoms with Crippen molar-refractivity contribution in [3.05, 3.63) is 64.8 Å². The number of carbonyl (C=O) groups excluding carboxylic acids is 2. The molecule has 4 rings (SSSR count). The molecule has 2 heterocycles. The number of amides is 1. The molecule has 0 bridgehead atoms. The van der Waals surface area contributed by atoms with E-state index in [9.17, 15) is 9.59 Å². The zero-order valence-corrected chi connectivity index (χ0v) is 21.2. The predicted octanol–water partition coefficient (Wildman–Crippen LogP) is 5.70. The van der Waals surface area contributed by atoms with Crippen LogP contribution in [0.2, 0.25) is 0 Å². The standard InChI is InChI=1S/C29H36N2O4/c1-5-8-22(23-11-10-21(29(33)35-4)17-27(23)34-3)25-18-30-26-12-9-20(16-24(25)26)15-19(2)28(32)31-13-6-7-14-31/h9-12,16-19,22,30H,5-8,13-15H2,1-4H3. The number of aromatic nitrogens is 1. The number of aromatic amines is 1. The van der Waals surface area contributed by atoms with Crippen molar-refractivity contribution >= 4 is 22.8 Å². The van der Waals surface area contributed by atoms with Crippen molar-refractivity contribution < 1.29 is 19.1 Å². The molecule has 1 aliphatic heterocycles. The molecule has 2 unspecified atom stereocenters. The Labute approximate surface area is 207 Å². The zero-order valence-electron chi connectivity index (χ0n) is 21.2. The van der Waals surface area contributed by atoms with Gasteiger partial charge in [-0.3, -0.25) is 4.79 Å². The molecular formula is C29H36N2O4. The number of carbonyl (C=O) groups is 2. The Hall–Kier alpha value is -3.28. The highest BCUT2D eigenvalue weighted by atomic mass is 16.5. The van der Waals surface area contributed by atoms with Gasteiger partial charge < -0.3 is 19.4 Å². The molecule has 0 radical (unpaired) electrons. The first-order valence-electron chi connectivity index (χ1n) is 12.6. The summed E-state index contributed by atoms with van der Waals surface area (Å²) >= 11 is 0. The fourth-order valence-corrected chi connectivity index (χ4v) is 5.31. The number of likely N-dealkylation sites (tertiary alicyclic amines) is 1. The number of methoxy groups -OCH3 is 2. The normalized spacial score (nSPS) is 15.3. The second-order valence-electron chi connectivity index (χ2n) is 9.55. The minimum Gasteiger partial charge on any atom is -0.496 e. The number of rotatable bonds is 9. The Morgan fingerprint density at radius 2 is 1.83 bits per heavy atom. The maximum atomic E-state index is 12.8. The summed E-state index contributed by atoms with van der Waals surface area (Å²) in [7, 11) is 3.01. The van der Waals surface area contributed by atoms with Gasteiger partial charge in [0.15, 0.2) is 0 Å². The molecule has 1 fully saturated rings. The Bertz CT molecular complexity index is 1190. The lowest BCUT2D eigenvalue weighted by molar-refractivity contribution is -0.133. The van der Waals surface area contributed by atoms with Crippen LogP contribution < -0.4 is 4.74 Å². The summed E-state index contributed by atoms with van der Waals surface area (Å²) in [5, 5.41) is 1.17. The van der Waals surface area contributed by atoms with E-state index in [0.29, 0.717) is 11.3 Å². The van der Waals surface area contributed by atoms with Crippen LogP contribution in [0.15, 0.2) is 42.6 Å². The minimum atomic E-state index is -0.378. The summed E-state index contributed by atoms with van der Waals surface area (Å²) in [4.78, 5) is 30.3. The molecule has 1 aromatic heterocycles. The maximum absolute atomic E-state index is 12.8. The minimum absolute atomic E-state index is 0.0367. The second-order valence-corrected chi connectivity index (χ2v) is 9.55. The van der Waals surface area contributed by atoms with Gasteiger partial charge in [-0.15, -0.1) is 0 Å². The first kappa shape index (κ1) is 24.8. The lowest BCUT2D eigenvalue weighted by Gasteiger charge is -2.21. The van der Waals surface area contributed by atoms with E-state index in [4.69, 9.17) is 9.47 Å². The van der Waals surface area contributed by atoms with Gasteiger partial charge >= 0.3 is 5.97 Å². The van der Waals surface area contributed by atoms with E-state index in [1.165, 1.54) is 23.6 Å². The Balaban J connectivity index is 1.66. The summed E-state index contributed by atoms with van der Waals surface area (Å²) in [6, 6.07) is 12.0. The van der Waals surface area contributed by atoms with E-state index >= 15 is 0 Å². The number of ether oxygens (including phenoxy) is 2. The van der Waals surface area contributed by atoms with Crippen LogP contribution in [0, 0.1) is 5.92 Å². The van der Waals surface area contributed by atoms with Gasteiger partial charge in [-0.2, -0.15) is 0 Å². The lowest BCUT2D eigenvalue weighted by atomic mass is 9.85. The third-order valence-electron chi connectivity index (χ3n) is 7.14. The summed E-state index contributed by atoms with van der Waals surface area (Å²) in [5.74, 6) is 0.633. The maximum Gasteiger partial charge on any atom is 0.337 e. The summed E-state index contributed by atoms with van der Waals surface area (Å²) in [5.41, 5.74) is 4.97. The number of nitrogens with one attached hydrogen (secondary N) is 1. The quantitative estimate of drug-likeness (QED) is 0.402. The molecule has 6 heteroatoms. The highest BCUT2D eigenvalue weighted by Gasteiger charge is 2.25. The van der Waals surface area contributed by atoms with Gasteiger partial charge in [0.05, 0.1) is 19.8 Å². The van der Waals surface area contributed by atoms with E-state index in [1.54, 1.807) is 19.2 Å². The van der Waals surface area contributed by atoms with Crippen LogP contribution in [0.25, 0.3) is 10.9 Å². The zero-order chi connectivity index (χ0) is 24.9. The molecule has 1 amide bonds. The van der Waals surface area contributed by atoms with Gasteiger partial charge in [0.1, 0.15) is 5.75 Å². The first-order chi connectivity index (χ1) is 17.0. The van der Waals surface area contributed by atoms with Crippen molar-refractivity contribution in [2.24, 2.45) is 5.92 Å². The average molecular weight is 477 g/mol. The molecule has 0 spiro atoms. The molecule has 2 atom stereocenters. The molecule has 0 aliphatic carbocycles. The third kappa shape index (κ3) is 5.21. The van der Waals surface area contributed by atoms with Gasteiger partial charge in [0.2, 0.25) is 5.91 Å². The van der Waals surface area contributed by atoms with Gasteiger partial charge in [0.25, 0.3) is 0 Å². The second kappa shape index (κ2) is 11.0. The molecule has 35 heavy (non-hydrogen) atoms. The van der Waals surface area contributed by atoms with E-state index in [-0.39, 0.29) is 23.7 Å². The van der Waals surface area contributed by atoms with Crippen LogP contribution in [0.4, 0.5) is 0 Å². The Morgan fingerprint density at radius 3 is 2.51 bits per heavy atom. The Kier molecular flexibility index (Phi) is 7.79. The first-order valence-corrected chi connectivity index (χ1v) is 12.6. The SMILES string of the molecule is CCCC(c1ccc(C(=O)OC)cc1OC)c1c[nH]c2ccc(CC(C)C(=O)N3CCCC3)cc12. The molecule has 1 N–H and O–H groups in total. The fourth-order valence-electron chi connectivity index (χ4n) is 5.31. The highest BCUT2D eigenvalue weighted by molar-refractivity contribution is 5.90. The summed E-state index contributed by atoms with van der Waals surface area (Å²) < 4.78 is 10.6. The number of esters is 1. The molecule has 0 saturated carbocycles. The van der Waals surface area contributed by atoms with Crippen molar-refractivity contribution in [2.45, 2.75) is 51.9 Å². The molecular weight excluding hydrogens is 440 g/mol. The third-order valence-corrected chi connectivity index (χ3v) is 7.14. The summed E-state index contributed by atoms with van der Waals surface area (Å²) in [6.07, 6.45) is 6.97. The number of nitrogens with zero attached hydrogens (tertiary/aromatic N) is 1. The van der Waals surface area contributed by atoms with Gasteiger partial charge in [-0.05, 0) is 61.1 Å². The average Bonchev–Trinajstić information content (AvgIpc) is 3.56. The van der Waals surface area contributed by atoms with Gasteiger partial charge in [0, 0.05) is 47.6 Å². The van der Waals surface area contributed by atoms with E-state index in [0.717, 1.165) is 56.3 Å². The van der Waals surface area contributed by atoms with Gasteiger partial charge in [-0.1, -0.05) is 32.4 Å². The number of benzene rings is 2. The van der Waals surface area contributed by atoms with Crippen molar-refractivity contribution in [1.29, 1.82) is 0 Å². The lowest BCUT2D eigenvalue weighted by Crippen LogP contribution is -2.33. The number of fused-ring (bicyclic) bond motifs is 1.